The van der Waals surface area contributed by atoms with E-state index in [1.165, 1.54) is 0 Å². The summed E-state index contributed by atoms with van der Waals surface area (Å²) in [6.07, 6.45) is 3.94. The van der Waals surface area contributed by atoms with Crippen molar-refractivity contribution in [1.82, 2.24) is 14.9 Å². The lowest BCUT2D eigenvalue weighted by Crippen LogP contribution is -2.30. The molecule has 0 bridgehead atoms. The number of hydrogen-bond donors (Lipinski definition) is 1. The van der Waals surface area contributed by atoms with Gasteiger partial charge in [-0.05, 0) is 72.9 Å². The van der Waals surface area contributed by atoms with Crippen molar-refractivity contribution in [2.24, 2.45) is 0 Å². The Bertz CT molecular complexity index is 1200. The predicted molar refractivity (Wildman–Crippen MR) is 134 cm³/mol. The molecule has 32 heavy (non-hydrogen) atoms. The molecule has 0 unspecified atom stereocenters. The van der Waals surface area contributed by atoms with E-state index in [0.29, 0.717) is 5.11 Å². The quantitative estimate of drug-likeness (QED) is 0.437. The zero-order valence-electron chi connectivity index (χ0n) is 18.1. The first-order chi connectivity index (χ1) is 15.6. The van der Waals surface area contributed by atoms with Gasteiger partial charge in [0, 0.05) is 49.2 Å². The Morgan fingerprint density at radius 1 is 0.844 bits per heavy atom. The van der Waals surface area contributed by atoms with Crippen LogP contribution in [0.25, 0.3) is 5.69 Å². The fourth-order valence-electron chi connectivity index (χ4n) is 4.30. The highest BCUT2D eigenvalue weighted by atomic mass is 32.1. The molecule has 1 fully saturated rings. The van der Waals surface area contributed by atoms with Gasteiger partial charge in [0.05, 0.1) is 11.7 Å². The number of nitrogens with one attached hydrogen (secondary N) is 1. The number of anilines is 2. The number of thiocarbonyl (C=S) groups is 1. The maximum absolute atomic E-state index is 5.86. The summed E-state index contributed by atoms with van der Waals surface area (Å²) in [4.78, 5) is 8.97. The standard InChI is InChI=1S/C26H25N5S/c1-29(2)19-13-15-21(16-14-19)31-25(24(28-26(31)32)22-11-6-7-17-27-22)23-12-8-18-30(23)20-9-4-3-5-10-20/h3-18,24-25H,1-2H3,(H,28,32)/t24-,25+/m1/s1. The van der Waals surface area contributed by atoms with Crippen molar-refractivity contribution in [3.05, 3.63) is 109 Å². The van der Waals surface area contributed by atoms with Gasteiger partial charge in [-0.15, -0.1) is 0 Å². The number of pyridine rings is 1. The number of para-hydroxylation sites is 1. The number of rotatable bonds is 5. The Labute approximate surface area is 193 Å². The van der Waals surface area contributed by atoms with Crippen LogP contribution in [-0.4, -0.2) is 28.8 Å². The SMILES string of the molecule is CN(C)c1ccc(N2C(=S)N[C@H](c3ccccn3)[C@@H]2c2cccn2-c2ccccc2)cc1. The molecule has 160 valence electrons. The lowest BCUT2D eigenvalue weighted by Gasteiger charge is -2.29. The van der Waals surface area contributed by atoms with E-state index >= 15 is 0 Å². The Morgan fingerprint density at radius 2 is 1.59 bits per heavy atom. The summed E-state index contributed by atoms with van der Waals surface area (Å²) in [5.74, 6) is 0. The van der Waals surface area contributed by atoms with Crippen LogP contribution in [0.4, 0.5) is 11.4 Å². The fourth-order valence-corrected chi connectivity index (χ4v) is 4.65. The van der Waals surface area contributed by atoms with Crippen LogP contribution in [0, 0.1) is 0 Å². The van der Waals surface area contributed by atoms with Gasteiger partial charge in [0.15, 0.2) is 5.11 Å². The van der Waals surface area contributed by atoms with Crippen molar-refractivity contribution in [2.75, 3.05) is 23.9 Å². The third-order valence-corrected chi connectivity index (χ3v) is 6.17. The highest BCUT2D eigenvalue weighted by molar-refractivity contribution is 7.80. The van der Waals surface area contributed by atoms with Gasteiger partial charge in [-0.1, -0.05) is 24.3 Å². The van der Waals surface area contributed by atoms with E-state index in [4.69, 9.17) is 12.2 Å². The molecule has 1 N–H and O–H groups in total. The fraction of sp³-hybridized carbons (Fsp3) is 0.154. The van der Waals surface area contributed by atoms with E-state index in [1.807, 2.05) is 38.5 Å². The molecule has 5 nitrogen and oxygen atoms in total. The largest absolute Gasteiger partial charge is 0.378 e. The molecule has 0 radical (unpaired) electrons. The zero-order valence-corrected chi connectivity index (χ0v) is 18.9. The Morgan fingerprint density at radius 3 is 2.28 bits per heavy atom. The van der Waals surface area contributed by atoms with E-state index in [-0.39, 0.29) is 12.1 Å². The van der Waals surface area contributed by atoms with Gasteiger partial charge < -0.3 is 19.7 Å². The molecule has 1 aliphatic rings. The summed E-state index contributed by atoms with van der Waals surface area (Å²) in [5, 5.41) is 4.24. The van der Waals surface area contributed by atoms with Gasteiger partial charge in [-0.3, -0.25) is 4.98 Å². The first-order valence-electron chi connectivity index (χ1n) is 10.6. The molecule has 5 rings (SSSR count). The maximum Gasteiger partial charge on any atom is 0.174 e. The van der Waals surface area contributed by atoms with E-state index in [9.17, 15) is 0 Å². The molecule has 2 aromatic carbocycles. The molecule has 0 spiro atoms. The van der Waals surface area contributed by atoms with Crippen LogP contribution in [0.3, 0.4) is 0 Å². The maximum atomic E-state index is 5.86. The van der Waals surface area contributed by atoms with Crippen LogP contribution < -0.4 is 15.1 Å². The van der Waals surface area contributed by atoms with Crippen molar-refractivity contribution >= 4 is 28.7 Å². The molecular weight excluding hydrogens is 414 g/mol. The Hall–Kier alpha value is -3.64. The van der Waals surface area contributed by atoms with Crippen LogP contribution in [0.1, 0.15) is 23.5 Å². The second-order valence-electron chi connectivity index (χ2n) is 8.05. The van der Waals surface area contributed by atoms with Crippen LogP contribution in [-0.2, 0) is 0 Å². The minimum atomic E-state index is -0.0745. The molecule has 0 saturated carbocycles. The molecule has 6 heteroatoms. The summed E-state index contributed by atoms with van der Waals surface area (Å²) in [5.41, 5.74) is 5.44. The van der Waals surface area contributed by atoms with Gasteiger partial charge in [0.1, 0.15) is 6.04 Å². The lowest BCUT2D eigenvalue weighted by atomic mass is 10.0. The van der Waals surface area contributed by atoms with Crippen molar-refractivity contribution in [1.29, 1.82) is 0 Å². The molecule has 0 aliphatic carbocycles. The van der Waals surface area contributed by atoms with Gasteiger partial charge >= 0.3 is 0 Å². The second-order valence-corrected chi connectivity index (χ2v) is 8.43. The predicted octanol–water partition coefficient (Wildman–Crippen LogP) is 5.12. The van der Waals surface area contributed by atoms with Crippen molar-refractivity contribution in [3.8, 4) is 5.69 Å². The topological polar surface area (TPSA) is 36.3 Å². The molecule has 2 atom stereocenters. The monoisotopic (exact) mass is 439 g/mol. The Balaban J connectivity index is 1.64. The molecule has 1 aliphatic heterocycles. The van der Waals surface area contributed by atoms with Gasteiger partial charge in [-0.25, -0.2) is 0 Å². The van der Waals surface area contributed by atoms with Gasteiger partial charge in [-0.2, -0.15) is 0 Å². The average molecular weight is 440 g/mol. The van der Waals surface area contributed by atoms with E-state index < -0.39 is 0 Å². The van der Waals surface area contributed by atoms with E-state index in [0.717, 1.165) is 28.5 Å². The summed E-state index contributed by atoms with van der Waals surface area (Å²) in [6.45, 7) is 0. The molecule has 0 amide bonds. The first-order valence-corrected chi connectivity index (χ1v) is 11.0. The smallest absolute Gasteiger partial charge is 0.174 e. The third kappa shape index (κ3) is 3.63. The zero-order chi connectivity index (χ0) is 22.1. The minimum absolute atomic E-state index is 0.0576. The minimum Gasteiger partial charge on any atom is -0.378 e. The van der Waals surface area contributed by atoms with Gasteiger partial charge in [0.2, 0.25) is 0 Å². The molecule has 1 saturated heterocycles. The highest BCUT2D eigenvalue weighted by Gasteiger charge is 2.42. The molecular formula is C26H25N5S. The van der Waals surface area contributed by atoms with Crippen LogP contribution in [0.15, 0.2) is 97.3 Å². The van der Waals surface area contributed by atoms with Crippen LogP contribution >= 0.6 is 12.2 Å². The number of aromatic nitrogens is 2. The second kappa shape index (κ2) is 8.48. The van der Waals surface area contributed by atoms with Crippen LogP contribution in [0.2, 0.25) is 0 Å². The first kappa shape index (κ1) is 20.3. The number of nitrogens with zero attached hydrogens (tertiary/aromatic N) is 4. The van der Waals surface area contributed by atoms with Crippen molar-refractivity contribution < 1.29 is 0 Å². The highest BCUT2D eigenvalue weighted by Crippen LogP contribution is 2.42. The van der Waals surface area contributed by atoms with Crippen molar-refractivity contribution in [3.63, 3.8) is 0 Å². The van der Waals surface area contributed by atoms with Crippen LogP contribution in [0.5, 0.6) is 0 Å². The summed E-state index contributed by atoms with van der Waals surface area (Å²) < 4.78 is 2.23. The summed E-state index contributed by atoms with van der Waals surface area (Å²) in [6, 6.07) is 29.1. The summed E-state index contributed by atoms with van der Waals surface area (Å²) in [7, 11) is 4.09. The summed E-state index contributed by atoms with van der Waals surface area (Å²) >= 11 is 5.86. The third-order valence-electron chi connectivity index (χ3n) is 5.86. The lowest BCUT2D eigenvalue weighted by molar-refractivity contribution is 0.549. The normalized spacial score (nSPS) is 17.9. The molecule has 3 heterocycles. The number of hydrogen-bond acceptors (Lipinski definition) is 3. The average Bonchev–Trinajstić information content (AvgIpc) is 3.44. The number of benzene rings is 2. The molecule has 2 aromatic heterocycles. The van der Waals surface area contributed by atoms with Gasteiger partial charge in [0.25, 0.3) is 0 Å². The molecule has 4 aromatic rings. The van der Waals surface area contributed by atoms with E-state index in [2.05, 4.69) is 97.6 Å². The Kier molecular flexibility index (Phi) is 5.37. The van der Waals surface area contributed by atoms with E-state index in [1.54, 1.807) is 0 Å². The van der Waals surface area contributed by atoms with Crippen molar-refractivity contribution in [2.45, 2.75) is 12.1 Å².